The zero-order valence-electron chi connectivity index (χ0n) is 11.5. The topological polar surface area (TPSA) is 52.6 Å². The fourth-order valence-corrected chi connectivity index (χ4v) is 3.29. The first-order valence-corrected chi connectivity index (χ1v) is 7.04. The number of rotatable bonds is 2. The van der Waals surface area contributed by atoms with Gasteiger partial charge in [0.2, 0.25) is 5.91 Å². The Morgan fingerprint density at radius 1 is 1.25 bits per heavy atom. The molecule has 20 heavy (non-hydrogen) atoms. The van der Waals surface area contributed by atoms with Crippen molar-refractivity contribution in [2.75, 3.05) is 20.1 Å². The van der Waals surface area contributed by atoms with Crippen molar-refractivity contribution < 1.29 is 23.1 Å². The van der Waals surface area contributed by atoms with Crippen molar-refractivity contribution in [3.63, 3.8) is 0 Å². The van der Waals surface area contributed by atoms with Gasteiger partial charge in [0.1, 0.15) is 0 Å². The van der Waals surface area contributed by atoms with Crippen molar-refractivity contribution in [2.24, 2.45) is 11.8 Å². The second kappa shape index (κ2) is 5.89. The number of nitrogens with zero attached hydrogens (tertiary/aromatic N) is 1. The molecule has 0 aromatic heterocycles. The monoisotopic (exact) mass is 294 g/mol. The number of carbonyl (C=O) groups is 1. The summed E-state index contributed by atoms with van der Waals surface area (Å²) in [4.78, 5) is 13.7. The molecule has 0 aromatic carbocycles. The van der Waals surface area contributed by atoms with Crippen LogP contribution in [0.1, 0.15) is 25.7 Å². The zero-order valence-corrected chi connectivity index (χ0v) is 11.5. The SMILES string of the molecule is CN(C(=O)C1CCCCC1C(F)(F)F)[C@H]1CNC[C@@H]1O. The van der Waals surface area contributed by atoms with Gasteiger partial charge in [-0.05, 0) is 12.8 Å². The van der Waals surface area contributed by atoms with Crippen LogP contribution >= 0.6 is 0 Å². The highest BCUT2D eigenvalue weighted by Crippen LogP contribution is 2.42. The van der Waals surface area contributed by atoms with Crippen LogP contribution in [0.4, 0.5) is 13.2 Å². The van der Waals surface area contributed by atoms with E-state index in [1.54, 1.807) is 0 Å². The fraction of sp³-hybridized carbons (Fsp3) is 0.923. The van der Waals surface area contributed by atoms with Gasteiger partial charge in [0.25, 0.3) is 0 Å². The summed E-state index contributed by atoms with van der Waals surface area (Å²) < 4.78 is 39.1. The van der Waals surface area contributed by atoms with E-state index in [0.717, 1.165) is 0 Å². The summed E-state index contributed by atoms with van der Waals surface area (Å²) >= 11 is 0. The summed E-state index contributed by atoms with van der Waals surface area (Å²) in [5.41, 5.74) is 0. The molecule has 0 spiro atoms. The number of likely N-dealkylation sites (N-methyl/N-ethyl adjacent to an activating group) is 1. The lowest BCUT2D eigenvalue weighted by atomic mass is 9.78. The Balaban J connectivity index is 2.09. The van der Waals surface area contributed by atoms with Crippen LogP contribution in [0.2, 0.25) is 0 Å². The molecule has 2 aliphatic rings. The number of β-amino-alcohol motifs (C(OH)–C–C–N with tert-alkyl or cyclic N) is 1. The van der Waals surface area contributed by atoms with Crippen molar-refractivity contribution in [2.45, 2.75) is 44.0 Å². The van der Waals surface area contributed by atoms with Crippen LogP contribution < -0.4 is 5.32 Å². The number of hydrogen-bond donors (Lipinski definition) is 2. The number of alkyl halides is 3. The van der Waals surface area contributed by atoms with Gasteiger partial charge < -0.3 is 15.3 Å². The molecule has 7 heteroatoms. The molecule has 2 fully saturated rings. The molecule has 0 radical (unpaired) electrons. The molecule has 4 atom stereocenters. The maximum absolute atomic E-state index is 13.0. The third-order valence-electron chi connectivity index (χ3n) is 4.50. The molecule has 2 N–H and O–H groups in total. The largest absolute Gasteiger partial charge is 0.392 e. The lowest BCUT2D eigenvalue weighted by Crippen LogP contribution is -2.50. The van der Waals surface area contributed by atoms with Crippen LogP contribution in [-0.4, -0.2) is 54.4 Å². The van der Waals surface area contributed by atoms with E-state index in [0.29, 0.717) is 25.9 Å². The Hall–Kier alpha value is -0.820. The van der Waals surface area contributed by atoms with E-state index < -0.39 is 36.1 Å². The van der Waals surface area contributed by atoms with E-state index in [-0.39, 0.29) is 12.8 Å². The second-order valence-electron chi connectivity index (χ2n) is 5.78. The predicted molar refractivity (Wildman–Crippen MR) is 66.9 cm³/mol. The Kier molecular flexibility index (Phi) is 4.59. The first kappa shape index (κ1) is 15.6. The highest BCUT2D eigenvalue weighted by molar-refractivity contribution is 5.79. The predicted octanol–water partition coefficient (Wildman–Crippen LogP) is 1.15. The molecule has 4 nitrogen and oxygen atoms in total. The van der Waals surface area contributed by atoms with Crippen molar-refractivity contribution >= 4 is 5.91 Å². The summed E-state index contributed by atoms with van der Waals surface area (Å²) in [5, 5.41) is 12.7. The van der Waals surface area contributed by atoms with Crippen LogP contribution in [0.25, 0.3) is 0 Å². The molecule has 1 amide bonds. The van der Waals surface area contributed by atoms with Gasteiger partial charge in [-0.15, -0.1) is 0 Å². The maximum Gasteiger partial charge on any atom is 0.392 e. The van der Waals surface area contributed by atoms with Crippen LogP contribution in [0, 0.1) is 11.8 Å². The molecule has 2 rings (SSSR count). The van der Waals surface area contributed by atoms with Crippen molar-refractivity contribution in [3.8, 4) is 0 Å². The molecule has 2 unspecified atom stereocenters. The third kappa shape index (κ3) is 3.09. The molecular formula is C13H21F3N2O2. The van der Waals surface area contributed by atoms with Gasteiger partial charge in [-0.25, -0.2) is 0 Å². The van der Waals surface area contributed by atoms with Crippen molar-refractivity contribution in [3.05, 3.63) is 0 Å². The third-order valence-corrected chi connectivity index (χ3v) is 4.50. The molecule has 1 saturated carbocycles. The Labute approximate surface area is 116 Å². The smallest absolute Gasteiger partial charge is 0.390 e. The first-order chi connectivity index (χ1) is 9.32. The van der Waals surface area contributed by atoms with E-state index >= 15 is 0 Å². The summed E-state index contributed by atoms with van der Waals surface area (Å²) in [6.07, 6.45) is -3.55. The summed E-state index contributed by atoms with van der Waals surface area (Å²) in [6.45, 7) is 0.794. The highest BCUT2D eigenvalue weighted by atomic mass is 19.4. The van der Waals surface area contributed by atoms with Gasteiger partial charge in [0.15, 0.2) is 0 Å². The van der Waals surface area contributed by atoms with Gasteiger partial charge in [-0.2, -0.15) is 13.2 Å². The molecule has 1 heterocycles. The van der Waals surface area contributed by atoms with E-state index in [1.807, 2.05) is 0 Å². The summed E-state index contributed by atoms with van der Waals surface area (Å²) in [6, 6.07) is -0.432. The minimum absolute atomic E-state index is 0.0270. The first-order valence-electron chi connectivity index (χ1n) is 7.04. The maximum atomic E-state index is 13.0. The minimum Gasteiger partial charge on any atom is -0.390 e. The molecule has 0 bridgehead atoms. The van der Waals surface area contributed by atoms with Gasteiger partial charge in [0, 0.05) is 26.1 Å². The lowest BCUT2D eigenvalue weighted by molar-refractivity contribution is -0.201. The molecule has 1 saturated heterocycles. The van der Waals surface area contributed by atoms with Gasteiger partial charge in [-0.3, -0.25) is 4.79 Å². The number of aliphatic hydroxyl groups is 1. The number of halogens is 3. The van der Waals surface area contributed by atoms with Crippen LogP contribution in [0.5, 0.6) is 0 Å². The Morgan fingerprint density at radius 2 is 1.90 bits per heavy atom. The molecular weight excluding hydrogens is 273 g/mol. The van der Waals surface area contributed by atoms with Crippen molar-refractivity contribution in [1.29, 1.82) is 0 Å². The van der Waals surface area contributed by atoms with Crippen LogP contribution in [0.3, 0.4) is 0 Å². The summed E-state index contributed by atoms with van der Waals surface area (Å²) in [7, 11) is 1.49. The number of aliphatic hydroxyl groups excluding tert-OH is 1. The quantitative estimate of drug-likeness (QED) is 0.803. The minimum atomic E-state index is -4.33. The van der Waals surface area contributed by atoms with Crippen molar-refractivity contribution in [1.82, 2.24) is 10.2 Å². The lowest BCUT2D eigenvalue weighted by Gasteiger charge is -2.36. The molecule has 0 aromatic rings. The van der Waals surface area contributed by atoms with E-state index in [2.05, 4.69) is 5.32 Å². The Morgan fingerprint density at radius 3 is 2.45 bits per heavy atom. The van der Waals surface area contributed by atoms with Gasteiger partial charge >= 0.3 is 6.18 Å². The van der Waals surface area contributed by atoms with E-state index in [4.69, 9.17) is 0 Å². The number of hydrogen-bond acceptors (Lipinski definition) is 3. The molecule has 1 aliphatic carbocycles. The number of nitrogens with one attached hydrogen (secondary N) is 1. The standard InChI is InChI=1S/C13H21F3N2O2/c1-18(10-6-17-7-11(10)19)12(20)8-4-2-3-5-9(8)13(14,15)16/h8-11,17,19H,2-7H2,1H3/t8?,9?,10-,11-/m0/s1. The second-order valence-corrected chi connectivity index (χ2v) is 5.78. The number of amides is 1. The Bertz CT molecular complexity index is 362. The van der Waals surface area contributed by atoms with Crippen LogP contribution in [-0.2, 0) is 4.79 Å². The fourth-order valence-electron chi connectivity index (χ4n) is 3.29. The zero-order chi connectivity index (χ0) is 14.9. The average molecular weight is 294 g/mol. The normalized spacial score (nSPS) is 35.0. The van der Waals surface area contributed by atoms with Gasteiger partial charge in [-0.1, -0.05) is 12.8 Å². The number of carbonyl (C=O) groups excluding carboxylic acids is 1. The van der Waals surface area contributed by atoms with Crippen LogP contribution in [0.15, 0.2) is 0 Å². The van der Waals surface area contributed by atoms with E-state index in [9.17, 15) is 23.1 Å². The molecule has 1 aliphatic heterocycles. The van der Waals surface area contributed by atoms with E-state index in [1.165, 1.54) is 11.9 Å². The summed E-state index contributed by atoms with van der Waals surface area (Å²) in [5.74, 6) is -3.03. The highest BCUT2D eigenvalue weighted by Gasteiger charge is 2.49. The molecule has 116 valence electrons. The van der Waals surface area contributed by atoms with Gasteiger partial charge in [0.05, 0.1) is 18.1 Å². The average Bonchev–Trinajstić information content (AvgIpc) is 2.82.